The fourth-order valence-electron chi connectivity index (χ4n) is 7.89. The molecule has 6 nitrogen and oxygen atoms in total. The van der Waals surface area contributed by atoms with E-state index in [1.165, 1.54) is 25.7 Å². The number of ether oxygens (including phenoxy) is 3. The number of esters is 3. The molecule has 0 spiro atoms. The molecule has 0 rings (SSSR count). The van der Waals surface area contributed by atoms with Gasteiger partial charge in [-0.3, -0.25) is 14.4 Å². The predicted octanol–water partition coefficient (Wildman–Crippen LogP) is 22.2. The van der Waals surface area contributed by atoms with Gasteiger partial charge >= 0.3 is 17.9 Å². The zero-order chi connectivity index (χ0) is 58.5. The van der Waals surface area contributed by atoms with Crippen LogP contribution >= 0.6 is 0 Å². The lowest BCUT2D eigenvalue weighted by molar-refractivity contribution is -0.167. The fourth-order valence-corrected chi connectivity index (χ4v) is 7.89. The van der Waals surface area contributed by atoms with E-state index in [0.717, 1.165) is 167 Å². The van der Waals surface area contributed by atoms with E-state index in [2.05, 4.69) is 215 Å². The van der Waals surface area contributed by atoms with Gasteiger partial charge in [-0.2, -0.15) is 0 Å². The van der Waals surface area contributed by atoms with Crippen LogP contribution in [0.15, 0.2) is 194 Å². The van der Waals surface area contributed by atoms with Crippen molar-refractivity contribution in [3.05, 3.63) is 194 Å². The van der Waals surface area contributed by atoms with Crippen LogP contribution in [0, 0.1) is 0 Å². The van der Waals surface area contributed by atoms with Crippen molar-refractivity contribution in [2.45, 2.75) is 245 Å². The van der Waals surface area contributed by atoms with Crippen molar-refractivity contribution in [1.29, 1.82) is 0 Å². The first-order valence-electron chi connectivity index (χ1n) is 31.9. The molecule has 6 heteroatoms. The van der Waals surface area contributed by atoms with Crippen LogP contribution in [-0.2, 0) is 28.6 Å². The average molecular weight is 1110 g/mol. The molecule has 0 radical (unpaired) electrons. The average Bonchev–Trinajstić information content (AvgIpc) is 3.47. The van der Waals surface area contributed by atoms with Crippen molar-refractivity contribution >= 4 is 17.9 Å². The minimum atomic E-state index is -0.826. The monoisotopic (exact) mass is 1110 g/mol. The predicted molar refractivity (Wildman–Crippen MR) is 352 cm³/mol. The Balaban J connectivity index is 4.32. The topological polar surface area (TPSA) is 78.9 Å². The van der Waals surface area contributed by atoms with Crippen molar-refractivity contribution in [3.8, 4) is 0 Å². The second-order valence-corrected chi connectivity index (χ2v) is 20.2. The number of carbonyl (C=O) groups is 3. The van der Waals surface area contributed by atoms with Gasteiger partial charge in [0, 0.05) is 19.3 Å². The highest BCUT2D eigenvalue weighted by molar-refractivity contribution is 5.71. The first-order valence-corrected chi connectivity index (χ1v) is 31.9. The third-order valence-electron chi connectivity index (χ3n) is 12.6. The Morgan fingerprint density at radius 3 is 0.790 bits per heavy atom. The molecule has 0 aliphatic heterocycles. The number of rotatable bonds is 55. The Hall–Kier alpha value is -5.75. The normalized spacial score (nSPS) is 13.5. The Morgan fingerprint density at radius 2 is 0.494 bits per heavy atom. The molecular formula is C75H114O6. The smallest absolute Gasteiger partial charge is 0.306 e. The molecule has 0 saturated heterocycles. The van der Waals surface area contributed by atoms with E-state index >= 15 is 0 Å². The van der Waals surface area contributed by atoms with Crippen LogP contribution in [0.3, 0.4) is 0 Å². The summed E-state index contributed by atoms with van der Waals surface area (Å²) in [6, 6.07) is 0. The van der Waals surface area contributed by atoms with Crippen LogP contribution in [-0.4, -0.2) is 37.2 Å². The molecule has 0 bridgehead atoms. The molecule has 0 aromatic rings. The summed E-state index contributed by atoms with van der Waals surface area (Å²) in [6.07, 6.45) is 102. The summed E-state index contributed by atoms with van der Waals surface area (Å²) in [5, 5.41) is 0. The Morgan fingerprint density at radius 1 is 0.259 bits per heavy atom. The standard InChI is InChI=1S/C75H114O6/c1-4-7-10-13-16-18-20-22-24-26-28-30-32-33-34-35-36-37-38-39-40-41-43-44-46-48-50-52-54-56-59-62-65-68-74(77)80-71-72(70-79-73(76)67-64-61-58-15-12-9-6-3)81-75(78)69-66-63-60-57-55-53-51-49-47-45-42-31-29-27-25-23-21-19-17-14-11-8-5-2/h7-8,10-11,16-19,22-25,28-31,33-34,36-37,39-40,43-45,47-48,50-51,53,57,60,72H,4-6,9,12-15,20-21,26-27,32,35,38,41-42,46,49,52,54-56,58-59,61-71H2,1-3H3/b10-7-,11-8-,18-16-,19-17-,24-22-,25-23-,30-28-,31-29-,34-33-,37-36-,40-39-,44-43-,47-45-,50-48-,53-51-,60-57-. The van der Waals surface area contributed by atoms with E-state index in [4.69, 9.17) is 14.2 Å². The first kappa shape index (κ1) is 75.2. The van der Waals surface area contributed by atoms with Gasteiger partial charge in [-0.05, 0) is 141 Å². The summed E-state index contributed by atoms with van der Waals surface area (Å²) < 4.78 is 16.7. The Labute approximate surface area is 497 Å². The number of carbonyl (C=O) groups excluding carboxylic acids is 3. The van der Waals surface area contributed by atoms with E-state index in [-0.39, 0.29) is 37.5 Å². The number of unbranched alkanes of at least 4 members (excludes halogenated alkanes) is 12. The number of hydrogen-bond donors (Lipinski definition) is 0. The van der Waals surface area contributed by atoms with Gasteiger partial charge in [-0.25, -0.2) is 0 Å². The summed E-state index contributed by atoms with van der Waals surface area (Å²) >= 11 is 0. The van der Waals surface area contributed by atoms with E-state index in [9.17, 15) is 14.4 Å². The third-order valence-corrected chi connectivity index (χ3v) is 12.6. The van der Waals surface area contributed by atoms with Crippen molar-refractivity contribution in [3.63, 3.8) is 0 Å². The van der Waals surface area contributed by atoms with Gasteiger partial charge in [-0.1, -0.05) is 273 Å². The first-order chi connectivity index (χ1) is 40.0. The van der Waals surface area contributed by atoms with E-state index in [1.807, 2.05) is 0 Å². The summed E-state index contributed by atoms with van der Waals surface area (Å²) in [7, 11) is 0. The second kappa shape index (κ2) is 66.8. The molecule has 0 N–H and O–H groups in total. The van der Waals surface area contributed by atoms with Crippen LogP contribution in [0.25, 0.3) is 0 Å². The fraction of sp³-hybridized carbons (Fsp3) is 0.533. The molecule has 0 amide bonds. The van der Waals surface area contributed by atoms with Crippen molar-refractivity contribution in [1.82, 2.24) is 0 Å². The van der Waals surface area contributed by atoms with Crippen molar-refractivity contribution in [2.75, 3.05) is 13.2 Å². The van der Waals surface area contributed by atoms with Crippen LogP contribution in [0.2, 0.25) is 0 Å². The van der Waals surface area contributed by atoms with Gasteiger partial charge in [0.25, 0.3) is 0 Å². The van der Waals surface area contributed by atoms with E-state index in [0.29, 0.717) is 19.3 Å². The van der Waals surface area contributed by atoms with Gasteiger partial charge in [0.15, 0.2) is 6.10 Å². The highest BCUT2D eigenvalue weighted by atomic mass is 16.6. The lowest BCUT2D eigenvalue weighted by Crippen LogP contribution is -2.30. The summed E-state index contributed by atoms with van der Waals surface area (Å²) in [5.74, 6) is -1.01. The molecule has 81 heavy (non-hydrogen) atoms. The molecule has 0 saturated carbocycles. The number of hydrogen-bond acceptors (Lipinski definition) is 6. The molecule has 0 aromatic carbocycles. The minimum Gasteiger partial charge on any atom is -0.462 e. The van der Waals surface area contributed by atoms with Crippen LogP contribution in [0.1, 0.15) is 239 Å². The molecule has 1 unspecified atom stereocenters. The van der Waals surface area contributed by atoms with E-state index < -0.39 is 6.10 Å². The van der Waals surface area contributed by atoms with E-state index in [1.54, 1.807) is 0 Å². The highest BCUT2D eigenvalue weighted by Gasteiger charge is 2.19. The molecule has 450 valence electrons. The molecule has 0 heterocycles. The van der Waals surface area contributed by atoms with Gasteiger partial charge in [0.05, 0.1) is 0 Å². The summed E-state index contributed by atoms with van der Waals surface area (Å²) in [5.41, 5.74) is 0. The van der Waals surface area contributed by atoms with Crippen LogP contribution in [0.4, 0.5) is 0 Å². The molecule has 0 fully saturated rings. The van der Waals surface area contributed by atoms with Crippen molar-refractivity contribution in [2.24, 2.45) is 0 Å². The Bertz CT molecular complexity index is 1950. The maximum Gasteiger partial charge on any atom is 0.306 e. The maximum atomic E-state index is 12.8. The largest absolute Gasteiger partial charge is 0.462 e. The minimum absolute atomic E-state index is 0.116. The highest BCUT2D eigenvalue weighted by Crippen LogP contribution is 2.12. The molecule has 1 atom stereocenters. The SMILES string of the molecule is CC/C=C\C/C=C\C/C=C\C/C=C\C/C=C\C/C=C\C/C=C\C/C=C\C/C=C\CCCCCCCC(=O)OCC(COC(=O)CCCCCCCCC)OC(=O)CCC/C=C\C/C=C\C/C=C\C/C=C\C/C=C\C/C=C\C/C=C\CC. The Kier molecular flexibility index (Phi) is 62.0. The zero-order valence-corrected chi connectivity index (χ0v) is 51.5. The second-order valence-electron chi connectivity index (χ2n) is 20.2. The van der Waals surface area contributed by atoms with Gasteiger partial charge in [0.2, 0.25) is 0 Å². The molecular weight excluding hydrogens is 997 g/mol. The summed E-state index contributed by atoms with van der Waals surface area (Å²) in [6.45, 7) is 6.28. The zero-order valence-electron chi connectivity index (χ0n) is 51.5. The van der Waals surface area contributed by atoms with Crippen LogP contribution in [0.5, 0.6) is 0 Å². The lowest BCUT2D eigenvalue weighted by atomic mass is 10.1. The van der Waals surface area contributed by atoms with Crippen LogP contribution < -0.4 is 0 Å². The molecule has 0 aromatic heterocycles. The van der Waals surface area contributed by atoms with Gasteiger partial charge < -0.3 is 14.2 Å². The van der Waals surface area contributed by atoms with Gasteiger partial charge in [-0.15, -0.1) is 0 Å². The van der Waals surface area contributed by atoms with Crippen molar-refractivity contribution < 1.29 is 28.6 Å². The lowest BCUT2D eigenvalue weighted by Gasteiger charge is -2.18. The number of allylic oxidation sites excluding steroid dienone is 32. The third kappa shape index (κ3) is 64.9. The van der Waals surface area contributed by atoms with Gasteiger partial charge in [0.1, 0.15) is 13.2 Å². The quantitative estimate of drug-likeness (QED) is 0.0261. The maximum absolute atomic E-state index is 12.8. The summed E-state index contributed by atoms with van der Waals surface area (Å²) in [4.78, 5) is 38.0. The molecule has 0 aliphatic carbocycles. The molecule has 0 aliphatic rings.